The van der Waals surface area contributed by atoms with Gasteiger partial charge in [0.15, 0.2) is 0 Å². The van der Waals surface area contributed by atoms with Gasteiger partial charge >= 0.3 is 0 Å². The van der Waals surface area contributed by atoms with E-state index < -0.39 is 0 Å². The summed E-state index contributed by atoms with van der Waals surface area (Å²) in [7, 11) is 0. The van der Waals surface area contributed by atoms with Crippen molar-refractivity contribution >= 4 is 16.6 Å². The van der Waals surface area contributed by atoms with Crippen LogP contribution in [0.5, 0.6) is 0 Å². The van der Waals surface area contributed by atoms with E-state index in [1.165, 1.54) is 44.3 Å². The summed E-state index contributed by atoms with van der Waals surface area (Å²) in [4.78, 5) is 13.3. The number of fused-ring (bicyclic) bond motifs is 1. The highest BCUT2D eigenvalue weighted by atomic mass is 16.3. The number of nitrogens with zero attached hydrogens (tertiary/aromatic N) is 3. The van der Waals surface area contributed by atoms with E-state index in [1.807, 2.05) is 12.1 Å². The van der Waals surface area contributed by atoms with Crippen molar-refractivity contribution in [2.24, 2.45) is 5.18 Å². The Bertz CT molecular complexity index is 597. The number of piperidine rings is 1. The second kappa shape index (κ2) is 5.75. The van der Waals surface area contributed by atoms with Crippen LogP contribution in [0.4, 0.5) is 5.69 Å². The predicted octanol–water partition coefficient (Wildman–Crippen LogP) is 4.09. The maximum Gasteiger partial charge on any atom is 0.110 e. The van der Waals surface area contributed by atoms with Crippen LogP contribution in [0, 0.1) is 4.91 Å². The van der Waals surface area contributed by atoms with E-state index in [0.717, 1.165) is 5.52 Å². The second-order valence-electron chi connectivity index (χ2n) is 5.63. The van der Waals surface area contributed by atoms with Crippen molar-refractivity contribution in [1.29, 1.82) is 0 Å². The lowest BCUT2D eigenvalue weighted by Gasteiger charge is -2.32. The van der Waals surface area contributed by atoms with Gasteiger partial charge in [-0.25, -0.2) is 0 Å². The van der Waals surface area contributed by atoms with E-state index >= 15 is 0 Å². The van der Waals surface area contributed by atoms with Crippen LogP contribution in [0.1, 0.15) is 32.2 Å². The number of nitroso groups, excluding NO2 is 1. The molecule has 0 atom stereocenters. The van der Waals surface area contributed by atoms with Gasteiger partial charge in [-0.15, -0.1) is 4.91 Å². The molecule has 1 aliphatic rings. The largest absolute Gasteiger partial charge is 0.344 e. The Balaban J connectivity index is 1.82. The molecule has 0 spiro atoms. The monoisotopic (exact) mass is 271 g/mol. The quantitative estimate of drug-likeness (QED) is 0.786. The van der Waals surface area contributed by atoms with Crippen molar-refractivity contribution in [2.45, 2.75) is 32.2 Å². The highest BCUT2D eigenvalue weighted by molar-refractivity contribution is 5.83. The summed E-state index contributed by atoms with van der Waals surface area (Å²) in [6.45, 7) is 5.78. The highest BCUT2D eigenvalue weighted by Gasteiger charge is 2.20. The molecule has 1 saturated heterocycles. The number of likely N-dealkylation sites (tertiary alicyclic amines) is 1. The van der Waals surface area contributed by atoms with Gasteiger partial charge in [0.1, 0.15) is 5.69 Å². The number of benzene rings is 1. The third kappa shape index (κ3) is 2.48. The summed E-state index contributed by atoms with van der Waals surface area (Å²) in [6, 6.07) is 8.34. The van der Waals surface area contributed by atoms with Gasteiger partial charge in [0, 0.05) is 25.3 Å². The molecule has 0 saturated carbocycles. The smallest absolute Gasteiger partial charge is 0.110 e. The fourth-order valence-electron chi connectivity index (χ4n) is 3.25. The van der Waals surface area contributed by atoms with Gasteiger partial charge in [0.2, 0.25) is 0 Å². The summed E-state index contributed by atoms with van der Waals surface area (Å²) in [5, 5.41) is 4.24. The van der Waals surface area contributed by atoms with Crippen molar-refractivity contribution in [3.63, 3.8) is 0 Å². The minimum absolute atomic E-state index is 0.515. The van der Waals surface area contributed by atoms with E-state index in [2.05, 4.69) is 33.8 Å². The van der Waals surface area contributed by atoms with Crippen molar-refractivity contribution in [2.75, 3.05) is 19.6 Å². The zero-order valence-electron chi connectivity index (χ0n) is 12.0. The molecule has 0 N–H and O–H groups in total. The first-order valence-electron chi connectivity index (χ1n) is 7.48. The van der Waals surface area contributed by atoms with Crippen LogP contribution in [0.15, 0.2) is 35.6 Å². The molecular weight excluding hydrogens is 250 g/mol. The molecule has 2 aromatic rings. The van der Waals surface area contributed by atoms with Gasteiger partial charge in [-0.2, -0.15) is 0 Å². The molecule has 3 rings (SSSR count). The molecule has 1 aliphatic heterocycles. The zero-order chi connectivity index (χ0) is 13.9. The fraction of sp³-hybridized carbons (Fsp3) is 0.500. The Labute approximate surface area is 119 Å². The number of aromatic nitrogens is 1. The van der Waals surface area contributed by atoms with E-state index in [4.69, 9.17) is 0 Å². The second-order valence-corrected chi connectivity index (χ2v) is 5.63. The van der Waals surface area contributed by atoms with Crippen LogP contribution in [-0.2, 0) is 0 Å². The lowest BCUT2D eigenvalue weighted by atomic mass is 10.0. The maximum atomic E-state index is 10.7. The third-order valence-electron chi connectivity index (χ3n) is 4.30. The molecule has 4 nitrogen and oxygen atoms in total. The fourth-order valence-corrected chi connectivity index (χ4v) is 3.25. The average molecular weight is 271 g/mol. The summed E-state index contributed by atoms with van der Waals surface area (Å²) in [6.07, 6.45) is 5.75. The molecule has 0 unspecified atom stereocenters. The summed E-state index contributed by atoms with van der Waals surface area (Å²) < 4.78 is 2.33. The van der Waals surface area contributed by atoms with E-state index in [1.54, 1.807) is 6.07 Å². The van der Waals surface area contributed by atoms with Crippen molar-refractivity contribution in [3.8, 4) is 0 Å². The first-order valence-corrected chi connectivity index (χ1v) is 7.48. The average Bonchev–Trinajstić information content (AvgIpc) is 2.91. The van der Waals surface area contributed by atoms with Crippen LogP contribution in [-0.4, -0.2) is 29.1 Å². The van der Waals surface area contributed by atoms with Crippen molar-refractivity contribution < 1.29 is 0 Å². The molecule has 20 heavy (non-hydrogen) atoms. The molecule has 106 valence electrons. The molecule has 1 fully saturated rings. The summed E-state index contributed by atoms with van der Waals surface area (Å²) in [5.41, 5.74) is 1.65. The molecule has 0 radical (unpaired) electrons. The molecule has 4 heteroatoms. The Kier molecular flexibility index (Phi) is 3.83. The lowest BCUT2D eigenvalue weighted by molar-refractivity contribution is 0.189. The summed E-state index contributed by atoms with van der Waals surface area (Å²) >= 11 is 0. The standard InChI is InChI=1S/C16H21N3O/c1-2-8-18-9-6-15(7-10-18)19-11-5-13-3-4-14(17-20)12-16(13)19/h3-5,11-12,15H,2,6-10H2,1H3. The number of hydrogen-bond donors (Lipinski definition) is 0. The minimum atomic E-state index is 0.515. The molecule has 0 aliphatic carbocycles. The maximum absolute atomic E-state index is 10.7. The van der Waals surface area contributed by atoms with E-state index in [9.17, 15) is 4.91 Å². The van der Waals surface area contributed by atoms with Gasteiger partial charge in [-0.05, 0) is 54.6 Å². The summed E-state index contributed by atoms with van der Waals surface area (Å²) in [5.74, 6) is 0. The zero-order valence-corrected chi connectivity index (χ0v) is 12.0. The highest BCUT2D eigenvalue weighted by Crippen LogP contribution is 2.29. The number of hydrogen-bond acceptors (Lipinski definition) is 3. The van der Waals surface area contributed by atoms with Gasteiger partial charge in [-0.3, -0.25) is 0 Å². The molecule has 1 aromatic heterocycles. The Morgan fingerprint density at radius 2 is 2.05 bits per heavy atom. The lowest BCUT2D eigenvalue weighted by Crippen LogP contribution is -2.34. The minimum Gasteiger partial charge on any atom is -0.344 e. The topological polar surface area (TPSA) is 37.6 Å². The van der Waals surface area contributed by atoms with Crippen LogP contribution in [0.25, 0.3) is 10.9 Å². The van der Waals surface area contributed by atoms with Crippen LogP contribution >= 0.6 is 0 Å². The van der Waals surface area contributed by atoms with Crippen molar-refractivity contribution in [1.82, 2.24) is 9.47 Å². The first kappa shape index (κ1) is 13.3. The number of rotatable bonds is 4. The van der Waals surface area contributed by atoms with Crippen LogP contribution in [0.2, 0.25) is 0 Å². The Morgan fingerprint density at radius 1 is 1.25 bits per heavy atom. The van der Waals surface area contributed by atoms with E-state index in [-0.39, 0.29) is 0 Å². The van der Waals surface area contributed by atoms with Crippen LogP contribution in [0.3, 0.4) is 0 Å². The third-order valence-corrected chi connectivity index (χ3v) is 4.30. The van der Waals surface area contributed by atoms with Gasteiger partial charge in [-0.1, -0.05) is 13.0 Å². The van der Waals surface area contributed by atoms with Gasteiger partial charge < -0.3 is 9.47 Å². The van der Waals surface area contributed by atoms with Crippen LogP contribution < -0.4 is 0 Å². The van der Waals surface area contributed by atoms with Crippen molar-refractivity contribution in [3.05, 3.63) is 35.4 Å². The predicted molar refractivity (Wildman–Crippen MR) is 82.4 cm³/mol. The van der Waals surface area contributed by atoms with Gasteiger partial charge in [0.25, 0.3) is 0 Å². The molecule has 1 aromatic carbocycles. The normalized spacial score (nSPS) is 17.6. The van der Waals surface area contributed by atoms with Gasteiger partial charge in [0.05, 0.1) is 5.52 Å². The SMILES string of the molecule is CCCN1CCC(n2ccc3ccc(N=O)cc32)CC1. The molecule has 2 heterocycles. The molecule has 0 bridgehead atoms. The van der Waals surface area contributed by atoms with E-state index in [0.29, 0.717) is 11.7 Å². The Hall–Kier alpha value is -1.68. The molecule has 0 amide bonds. The molecular formula is C16H21N3O. The Morgan fingerprint density at radius 3 is 2.75 bits per heavy atom. The first-order chi connectivity index (χ1) is 9.81.